The van der Waals surface area contributed by atoms with Crippen LogP contribution in [0.15, 0.2) is 169 Å². The van der Waals surface area contributed by atoms with Crippen LogP contribution in [0.5, 0.6) is 0 Å². The molecule has 0 N–H and O–H groups in total. The molecule has 52 heavy (non-hydrogen) atoms. The second-order valence-corrected chi connectivity index (χ2v) is 14.4. The van der Waals surface area contributed by atoms with Gasteiger partial charge in [0.2, 0.25) is 0 Å². The van der Waals surface area contributed by atoms with Crippen molar-refractivity contribution in [2.45, 2.75) is 11.8 Å². The third-order valence-corrected chi connectivity index (χ3v) is 10.1. The number of hydrogen-bond acceptors (Lipinski definition) is 2. The lowest BCUT2D eigenvalue weighted by atomic mass is 9.67. The van der Waals surface area contributed by atoms with Gasteiger partial charge in [0.15, 0.2) is 11.4 Å². The molecular formula is C48H52N4+2. The van der Waals surface area contributed by atoms with Gasteiger partial charge in [0.05, 0.1) is 0 Å². The number of rotatable bonds is 9. The van der Waals surface area contributed by atoms with Crippen LogP contribution < -0.4 is 9.80 Å². The molecule has 0 saturated heterocycles. The van der Waals surface area contributed by atoms with Gasteiger partial charge in [-0.15, -0.1) is 0 Å². The molecule has 262 valence electrons. The van der Waals surface area contributed by atoms with E-state index in [1.165, 1.54) is 67.3 Å². The van der Waals surface area contributed by atoms with Gasteiger partial charge in [-0.25, -0.2) is 9.15 Å². The molecule has 0 unspecified atom stereocenters. The van der Waals surface area contributed by atoms with Crippen molar-refractivity contribution in [2.24, 2.45) is 0 Å². The molecule has 2 atom stereocenters. The smallest absolute Gasteiger partial charge is 0.199 e. The van der Waals surface area contributed by atoms with E-state index in [9.17, 15) is 0 Å². The van der Waals surface area contributed by atoms with E-state index in [0.29, 0.717) is 0 Å². The van der Waals surface area contributed by atoms with Crippen molar-refractivity contribution in [1.29, 1.82) is 0 Å². The molecule has 6 rings (SSSR count). The highest BCUT2D eigenvalue weighted by Gasteiger charge is 2.35. The lowest BCUT2D eigenvalue weighted by Gasteiger charge is -2.35. The van der Waals surface area contributed by atoms with Crippen molar-refractivity contribution >= 4 is 33.9 Å². The maximum Gasteiger partial charge on any atom is 0.199 e. The van der Waals surface area contributed by atoms with Crippen LogP contribution in [0.3, 0.4) is 0 Å². The number of nitrogens with zero attached hydrogens (tertiary/aromatic N) is 4. The quantitative estimate of drug-likeness (QED) is 0.163. The molecule has 0 radical (unpaired) electrons. The molecule has 4 aromatic rings. The van der Waals surface area contributed by atoms with Crippen LogP contribution in [-0.2, 0) is 0 Å². The standard InChI is InChI=1S/C48H52N4/c1-49(2)41-27-19-37(20-28-41)45(38-21-29-42(30-22-38)50(3)4)47(35-15-11-9-12-16-35)48(36-17-13-10-14-18-36)46(39-23-31-43(32-24-39)51(5)6)40-25-33-44(34-26-40)52(7)8/h9-34,47-48H,1-8H3/q+2/t47-,48-/m0/s1. The highest BCUT2D eigenvalue weighted by atomic mass is 15.1. The monoisotopic (exact) mass is 684 g/mol. The van der Waals surface area contributed by atoms with Crippen molar-refractivity contribution in [2.75, 3.05) is 66.2 Å². The van der Waals surface area contributed by atoms with Gasteiger partial charge in [-0.05, 0) is 93.1 Å². The van der Waals surface area contributed by atoms with Gasteiger partial charge in [-0.1, -0.05) is 84.9 Å². The first kappa shape index (κ1) is 36.1. The number of allylic oxidation sites excluding steroid dienone is 12. The predicted octanol–water partition coefficient (Wildman–Crippen LogP) is 9.27. The maximum absolute atomic E-state index is 2.31. The summed E-state index contributed by atoms with van der Waals surface area (Å²) in [6, 6.07) is 40.4. The fourth-order valence-electron chi connectivity index (χ4n) is 7.18. The van der Waals surface area contributed by atoms with Crippen molar-refractivity contribution in [3.05, 3.63) is 191 Å². The Bertz CT molecular complexity index is 1930. The molecule has 4 aromatic carbocycles. The summed E-state index contributed by atoms with van der Waals surface area (Å²) in [6.07, 6.45) is 18.2. The first-order chi connectivity index (χ1) is 25.1. The Morgan fingerprint density at radius 2 is 0.712 bits per heavy atom. The zero-order chi connectivity index (χ0) is 36.8. The van der Waals surface area contributed by atoms with Crippen molar-refractivity contribution in [3.63, 3.8) is 0 Å². The van der Waals surface area contributed by atoms with Crippen molar-refractivity contribution in [1.82, 2.24) is 0 Å². The predicted molar refractivity (Wildman–Crippen MR) is 225 cm³/mol. The summed E-state index contributed by atoms with van der Waals surface area (Å²) in [4.78, 5) is 4.33. The van der Waals surface area contributed by atoms with E-state index in [1.54, 1.807) is 0 Å². The Labute approximate surface area is 311 Å². The second kappa shape index (κ2) is 16.1. The number of anilines is 2. The van der Waals surface area contributed by atoms with E-state index in [0.717, 1.165) is 0 Å². The minimum atomic E-state index is -0.0453. The van der Waals surface area contributed by atoms with Crippen LogP contribution in [-0.4, -0.2) is 77.0 Å². The molecule has 0 fully saturated rings. The first-order valence-electron chi connectivity index (χ1n) is 18.1. The fourth-order valence-corrected chi connectivity index (χ4v) is 7.18. The highest BCUT2D eigenvalue weighted by Crippen LogP contribution is 2.52. The summed E-state index contributed by atoms with van der Waals surface area (Å²) in [5, 5.41) is 0. The zero-order valence-corrected chi connectivity index (χ0v) is 32.0. The van der Waals surface area contributed by atoms with Gasteiger partial charge in [-0.3, -0.25) is 0 Å². The maximum atomic E-state index is 2.31. The second-order valence-electron chi connectivity index (χ2n) is 14.4. The van der Waals surface area contributed by atoms with E-state index in [-0.39, 0.29) is 11.8 Å². The Kier molecular flexibility index (Phi) is 11.2. The van der Waals surface area contributed by atoms with Crippen molar-refractivity contribution in [3.8, 4) is 0 Å². The summed E-state index contributed by atoms with van der Waals surface area (Å²) in [6.45, 7) is 0. The first-order valence-corrected chi connectivity index (χ1v) is 18.1. The molecule has 0 heterocycles. The molecular weight excluding hydrogens is 633 g/mol. The third-order valence-electron chi connectivity index (χ3n) is 10.1. The van der Waals surface area contributed by atoms with Gasteiger partial charge in [0.25, 0.3) is 0 Å². The van der Waals surface area contributed by atoms with E-state index >= 15 is 0 Å². The molecule has 0 aromatic heterocycles. The Balaban J connectivity index is 1.73. The number of hydrogen-bond donors (Lipinski definition) is 0. The summed E-state index contributed by atoms with van der Waals surface area (Å²) in [7, 11) is 16.8. The summed E-state index contributed by atoms with van der Waals surface area (Å²) >= 11 is 0. The van der Waals surface area contributed by atoms with Gasteiger partial charge < -0.3 is 9.80 Å². The Morgan fingerprint density at radius 1 is 0.404 bits per heavy atom. The molecule has 0 aliphatic heterocycles. The van der Waals surface area contributed by atoms with Gasteiger partial charge >= 0.3 is 0 Å². The molecule has 0 bridgehead atoms. The molecule has 2 aliphatic carbocycles. The molecule has 0 saturated carbocycles. The van der Waals surface area contributed by atoms with Crippen molar-refractivity contribution < 1.29 is 9.15 Å². The minimum absolute atomic E-state index is 0.0453. The largest absolute Gasteiger partial charge is 0.378 e. The average molecular weight is 685 g/mol. The molecule has 2 aliphatic rings. The summed E-state index contributed by atoms with van der Waals surface area (Å²) < 4.78 is 4.33. The molecule has 4 nitrogen and oxygen atoms in total. The molecule has 4 heteroatoms. The lowest BCUT2D eigenvalue weighted by molar-refractivity contribution is -0.462. The third kappa shape index (κ3) is 7.92. The van der Waals surface area contributed by atoms with E-state index < -0.39 is 0 Å². The van der Waals surface area contributed by atoms with Crippen LogP contribution >= 0.6 is 0 Å². The van der Waals surface area contributed by atoms with Gasteiger partial charge in [0, 0.05) is 75.7 Å². The van der Waals surface area contributed by atoms with Gasteiger partial charge in [0.1, 0.15) is 28.2 Å². The summed E-state index contributed by atoms with van der Waals surface area (Å²) in [5.74, 6) is -0.0906. The Morgan fingerprint density at radius 3 is 0.981 bits per heavy atom. The highest BCUT2D eigenvalue weighted by molar-refractivity contribution is 6.04. The molecule has 0 amide bonds. The zero-order valence-electron chi connectivity index (χ0n) is 32.0. The average Bonchev–Trinajstić information content (AvgIpc) is 3.17. The topological polar surface area (TPSA) is 12.5 Å². The van der Waals surface area contributed by atoms with Crippen LogP contribution in [0.1, 0.15) is 34.1 Å². The molecule has 0 spiro atoms. The minimum Gasteiger partial charge on any atom is -0.378 e. The lowest BCUT2D eigenvalue weighted by Crippen LogP contribution is -2.19. The van der Waals surface area contributed by atoms with Crippen LogP contribution in [0, 0.1) is 0 Å². The normalized spacial score (nSPS) is 14.7. The van der Waals surface area contributed by atoms with Crippen LogP contribution in [0.2, 0.25) is 0 Å². The SMILES string of the molecule is CN(C)c1ccc(C(=C2C=CC(=[N+](C)C)C=C2)[C@H](c2ccccc2)[C@H](C(=C2C=CC(=[N+](C)C)C=C2)c2ccc(N(C)C)cc2)c2ccccc2)cc1. The van der Waals surface area contributed by atoms with Gasteiger partial charge in [-0.2, -0.15) is 0 Å². The fraction of sp³-hybridized carbons (Fsp3) is 0.208. The van der Waals surface area contributed by atoms with Crippen LogP contribution in [0.25, 0.3) is 11.1 Å². The van der Waals surface area contributed by atoms with E-state index in [1.807, 2.05) is 0 Å². The van der Waals surface area contributed by atoms with E-state index in [4.69, 9.17) is 0 Å². The number of benzene rings is 4. The summed E-state index contributed by atoms with van der Waals surface area (Å²) in [5.41, 5.74) is 14.7. The van der Waals surface area contributed by atoms with E-state index in [2.05, 4.69) is 233 Å². The Hall–Kier alpha value is -5.74. The van der Waals surface area contributed by atoms with Crippen LogP contribution in [0.4, 0.5) is 11.4 Å².